The van der Waals surface area contributed by atoms with Crippen molar-refractivity contribution >= 4 is 17.4 Å². The molecule has 1 aliphatic rings. The molecule has 0 aliphatic carbocycles. The van der Waals surface area contributed by atoms with Crippen molar-refractivity contribution in [2.24, 2.45) is 0 Å². The maximum absolute atomic E-state index is 13.9. The van der Waals surface area contributed by atoms with Crippen LogP contribution in [0.1, 0.15) is 30.9 Å². The summed E-state index contributed by atoms with van der Waals surface area (Å²) in [4.78, 5) is 13.5. The number of benzene rings is 2. The molecule has 3 rings (SSSR count). The van der Waals surface area contributed by atoms with Gasteiger partial charge in [-0.05, 0) is 73.8 Å². The van der Waals surface area contributed by atoms with Crippen molar-refractivity contribution in [2.45, 2.75) is 19.8 Å². The van der Waals surface area contributed by atoms with Gasteiger partial charge in [0.05, 0.1) is 7.11 Å². The van der Waals surface area contributed by atoms with Crippen LogP contribution in [0.15, 0.2) is 54.1 Å². The minimum atomic E-state index is -0.382. The summed E-state index contributed by atoms with van der Waals surface area (Å²) >= 11 is 0. The molecule has 1 aliphatic heterocycles. The Hall–Kier alpha value is -2.66. The summed E-state index contributed by atoms with van der Waals surface area (Å²) in [7, 11) is 1.38. The van der Waals surface area contributed by atoms with E-state index in [2.05, 4.69) is 5.32 Å². The maximum Gasteiger partial charge on any atom is 0.413 e. The Kier molecular flexibility index (Phi) is 6.24. The molecule has 1 amide bonds. The van der Waals surface area contributed by atoms with Gasteiger partial charge in [0.15, 0.2) is 0 Å². The Bertz CT molecular complexity index is 822. The predicted octanol–water partition coefficient (Wildman–Crippen LogP) is 4.60. The van der Waals surface area contributed by atoms with E-state index in [4.69, 9.17) is 4.74 Å². The van der Waals surface area contributed by atoms with Gasteiger partial charge in [0.1, 0.15) is 5.82 Å². The average molecular weight is 368 g/mol. The molecule has 1 fully saturated rings. The number of methoxy groups -OCH3 is 1. The minimum Gasteiger partial charge on any atom is -0.452 e. The molecular formula is C22H25FN2O2. The Morgan fingerprint density at radius 1 is 1.11 bits per heavy atom. The highest BCUT2D eigenvalue weighted by atomic mass is 19.1. The van der Waals surface area contributed by atoms with Gasteiger partial charge in [0.25, 0.3) is 0 Å². The van der Waals surface area contributed by atoms with E-state index in [1.165, 1.54) is 18.7 Å². The third-order valence-corrected chi connectivity index (χ3v) is 4.85. The molecule has 1 saturated heterocycles. The van der Waals surface area contributed by atoms with Crippen molar-refractivity contribution in [2.75, 3.05) is 31.6 Å². The first-order valence-corrected chi connectivity index (χ1v) is 9.28. The van der Waals surface area contributed by atoms with Crippen LogP contribution < -0.4 is 10.2 Å². The van der Waals surface area contributed by atoms with Gasteiger partial charge in [-0.15, -0.1) is 0 Å². The molecule has 5 heteroatoms. The summed E-state index contributed by atoms with van der Waals surface area (Å²) in [6.45, 7) is 4.28. The van der Waals surface area contributed by atoms with E-state index < -0.39 is 0 Å². The highest BCUT2D eigenvalue weighted by Crippen LogP contribution is 2.32. The first-order valence-electron chi connectivity index (χ1n) is 9.28. The first-order chi connectivity index (χ1) is 13.1. The lowest BCUT2D eigenvalue weighted by atomic mass is 9.88. The third kappa shape index (κ3) is 4.37. The van der Waals surface area contributed by atoms with Crippen molar-refractivity contribution in [1.82, 2.24) is 5.32 Å². The summed E-state index contributed by atoms with van der Waals surface area (Å²) in [5.74, 6) is -0.237. The van der Waals surface area contributed by atoms with Gasteiger partial charge < -0.3 is 10.1 Å². The van der Waals surface area contributed by atoms with Gasteiger partial charge in [-0.2, -0.15) is 0 Å². The third-order valence-electron chi connectivity index (χ3n) is 4.85. The van der Waals surface area contributed by atoms with Crippen LogP contribution in [0.3, 0.4) is 0 Å². The SMILES string of the molecule is CCN(C(=O)OC)c1ccc(C(=C2CCNCC2)c2cccc(F)c2)cc1. The van der Waals surface area contributed by atoms with Crippen molar-refractivity contribution in [3.8, 4) is 0 Å². The number of carbonyl (C=O) groups excluding carboxylic acids is 1. The normalized spacial score (nSPS) is 14.0. The lowest BCUT2D eigenvalue weighted by Crippen LogP contribution is -2.30. The number of halogens is 1. The Labute approximate surface area is 159 Å². The molecule has 0 aromatic heterocycles. The number of piperidine rings is 1. The van der Waals surface area contributed by atoms with E-state index in [0.717, 1.165) is 48.3 Å². The second-order valence-electron chi connectivity index (χ2n) is 6.50. The van der Waals surface area contributed by atoms with Crippen LogP contribution >= 0.6 is 0 Å². The topological polar surface area (TPSA) is 41.6 Å². The highest BCUT2D eigenvalue weighted by molar-refractivity contribution is 5.88. The number of hydrogen-bond acceptors (Lipinski definition) is 3. The molecule has 0 radical (unpaired) electrons. The van der Waals surface area contributed by atoms with Crippen molar-refractivity contribution < 1.29 is 13.9 Å². The monoisotopic (exact) mass is 368 g/mol. The van der Waals surface area contributed by atoms with Gasteiger partial charge in [0.2, 0.25) is 0 Å². The summed E-state index contributed by atoms with van der Waals surface area (Å²) in [6.07, 6.45) is 1.50. The van der Waals surface area contributed by atoms with Crippen molar-refractivity contribution in [1.29, 1.82) is 0 Å². The number of ether oxygens (including phenoxy) is 1. The number of amides is 1. The molecule has 27 heavy (non-hydrogen) atoms. The fraction of sp³-hybridized carbons (Fsp3) is 0.318. The van der Waals surface area contributed by atoms with Crippen LogP contribution in [-0.4, -0.2) is 32.8 Å². The van der Waals surface area contributed by atoms with Crippen LogP contribution in [0.2, 0.25) is 0 Å². The molecule has 1 heterocycles. The molecular weight excluding hydrogens is 343 g/mol. The van der Waals surface area contributed by atoms with Crippen LogP contribution in [0.25, 0.3) is 5.57 Å². The van der Waals surface area contributed by atoms with E-state index in [1.54, 1.807) is 17.0 Å². The van der Waals surface area contributed by atoms with E-state index in [1.807, 2.05) is 37.3 Å². The van der Waals surface area contributed by atoms with Gasteiger partial charge >= 0.3 is 6.09 Å². The fourth-order valence-electron chi connectivity index (χ4n) is 3.53. The molecule has 0 spiro atoms. The van der Waals surface area contributed by atoms with Crippen LogP contribution in [0, 0.1) is 5.82 Å². The molecule has 1 N–H and O–H groups in total. The minimum absolute atomic E-state index is 0.237. The largest absolute Gasteiger partial charge is 0.452 e. The Morgan fingerprint density at radius 2 is 1.81 bits per heavy atom. The maximum atomic E-state index is 13.9. The molecule has 4 nitrogen and oxygen atoms in total. The number of hydrogen-bond donors (Lipinski definition) is 1. The number of nitrogens with zero attached hydrogens (tertiary/aromatic N) is 1. The quantitative estimate of drug-likeness (QED) is 0.857. The Balaban J connectivity index is 2.02. The average Bonchev–Trinajstić information content (AvgIpc) is 2.70. The van der Waals surface area contributed by atoms with Gasteiger partial charge in [-0.1, -0.05) is 29.8 Å². The van der Waals surface area contributed by atoms with Gasteiger partial charge in [0, 0.05) is 12.2 Å². The summed E-state index contributed by atoms with van der Waals surface area (Å²) in [6, 6.07) is 14.6. The molecule has 2 aromatic rings. The number of carbonyl (C=O) groups is 1. The van der Waals surface area contributed by atoms with Gasteiger partial charge in [-0.25, -0.2) is 9.18 Å². The zero-order valence-electron chi connectivity index (χ0n) is 15.8. The summed E-state index contributed by atoms with van der Waals surface area (Å²) in [5, 5.41) is 3.37. The standard InChI is InChI=1S/C22H25FN2O2/c1-3-25(22(26)27-2)20-9-7-16(8-10-20)21(17-11-13-24-14-12-17)18-5-4-6-19(23)15-18/h4-10,15,24H,3,11-14H2,1-2H3. The predicted molar refractivity (Wildman–Crippen MR) is 106 cm³/mol. The molecule has 0 saturated carbocycles. The van der Waals surface area contributed by atoms with E-state index >= 15 is 0 Å². The van der Waals surface area contributed by atoms with Crippen LogP contribution in [0.4, 0.5) is 14.9 Å². The smallest absolute Gasteiger partial charge is 0.413 e. The summed E-state index contributed by atoms with van der Waals surface area (Å²) in [5.41, 5.74) is 5.11. The van der Waals surface area contributed by atoms with Crippen molar-refractivity contribution in [3.63, 3.8) is 0 Å². The van der Waals surface area contributed by atoms with E-state index in [-0.39, 0.29) is 11.9 Å². The van der Waals surface area contributed by atoms with E-state index in [0.29, 0.717) is 6.54 Å². The molecule has 0 bridgehead atoms. The lowest BCUT2D eigenvalue weighted by molar-refractivity contribution is 0.179. The van der Waals surface area contributed by atoms with E-state index in [9.17, 15) is 9.18 Å². The van der Waals surface area contributed by atoms with Crippen molar-refractivity contribution in [3.05, 3.63) is 71.0 Å². The zero-order valence-corrected chi connectivity index (χ0v) is 15.8. The second-order valence-corrected chi connectivity index (χ2v) is 6.50. The van der Waals surface area contributed by atoms with Crippen LogP contribution in [0.5, 0.6) is 0 Å². The number of rotatable bonds is 4. The molecule has 2 aromatic carbocycles. The zero-order chi connectivity index (χ0) is 19.2. The molecule has 142 valence electrons. The van der Waals surface area contributed by atoms with Gasteiger partial charge in [-0.3, -0.25) is 4.90 Å². The lowest BCUT2D eigenvalue weighted by Gasteiger charge is -2.23. The number of anilines is 1. The Morgan fingerprint density at radius 3 is 2.41 bits per heavy atom. The van der Waals surface area contributed by atoms with Crippen LogP contribution in [-0.2, 0) is 4.74 Å². The fourth-order valence-corrected chi connectivity index (χ4v) is 3.53. The second kappa shape index (κ2) is 8.82. The highest BCUT2D eigenvalue weighted by Gasteiger charge is 2.17. The molecule has 0 atom stereocenters. The first kappa shape index (κ1) is 19.1. The summed E-state index contributed by atoms with van der Waals surface area (Å²) < 4.78 is 18.7. The number of nitrogens with one attached hydrogen (secondary N) is 1. The molecule has 0 unspecified atom stereocenters.